The quantitative estimate of drug-likeness (QED) is 0.329. The molecule has 1 aromatic rings. The molecule has 0 aliphatic carbocycles. The molecule has 0 fully saturated rings. The predicted octanol–water partition coefficient (Wildman–Crippen LogP) is 6.69. The fourth-order valence-corrected chi connectivity index (χ4v) is 13.0. The van der Waals surface area contributed by atoms with Crippen LogP contribution in [0.4, 0.5) is 5.69 Å². The number of benzene rings is 1. The molecule has 0 saturated heterocycles. The van der Waals surface area contributed by atoms with E-state index < -0.39 is 21.1 Å². The summed E-state index contributed by atoms with van der Waals surface area (Å²) >= 11 is 30.3. The highest BCUT2D eigenvalue weighted by atomic mass is 35.9. The third-order valence-corrected chi connectivity index (χ3v) is 13.9. The van der Waals surface area contributed by atoms with Crippen molar-refractivity contribution in [3.63, 3.8) is 0 Å². The van der Waals surface area contributed by atoms with Gasteiger partial charge in [0.05, 0.1) is 5.69 Å². The predicted molar refractivity (Wildman–Crippen MR) is 87.6 cm³/mol. The number of anilines is 1. The molecule has 13 heteroatoms. The Morgan fingerprint density at radius 1 is 1.26 bits per heavy atom. The summed E-state index contributed by atoms with van der Waals surface area (Å²) < 4.78 is 6.32. The SMILES string of the molecule is Nc1ccccc1ON1P(Cl)N(Cl)P(Cl)N=P1(Cl)Cl. The summed E-state index contributed by atoms with van der Waals surface area (Å²) in [7, 11) is -3.23. The molecule has 2 rings (SSSR count). The molecule has 2 atom stereocenters. The molecular weight excluding hydrogens is 414 g/mol. The van der Waals surface area contributed by atoms with Crippen LogP contribution in [0.2, 0.25) is 0 Å². The lowest BCUT2D eigenvalue weighted by Gasteiger charge is -2.37. The zero-order valence-electron chi connectivity index (χ0n) is 8.87. The van der Waals surface area contributed by atoms with Crippen molar-refractivity contribution < 1.29 is 4.84 Å². The molecule has 2 unspecified atom stereocenters. The lowest BCUT2D eigenvalue weighted by atomic mass is 10.3. The summed E-state index contributed by atoms with van der Waals surface area (Å²) in [6.45, 7) is 0. The first kappa shape index (κ1) is 16.6. The van der Waals surface area contributed by atoms with Gasteiger partial charge in [-0.3, -0.25) is 0 Å². The number of hydrogen-bond donors (Lipinski definition) is 1. The van der Waals surface area contributed by atoms with Crippen molar-refractivity contribution in [1.82, 2.24) is 8.56 Å². The lowest BCUT2D eigenvalue weighted by Crippen LogP contribution is -2.20. The molecule has 0 amide bonds. The van der Waals surface area contributed by atoms with Gasteiger partial charge in [0.2, 0.25) is 15.2 Å². The van der Waals surface area contributed by atoms with Gasteiger partial charge in [0, 0.05) is 0 Å². The van der Waals surface area contributed by atoms with E-state index in [2.05, 4.69) is 4.52 Å². The third-order valence-electron chi connectivity index (χ3n) is 1.90. The summed E-state index contributed by atoms with van der Waals surface area (Å²) in [4.78, 5) is 5.55. The van der Waals surface area contributed by atoms with Crippen molar-refractivity contribution in [1.29, 1.82) is 0 Å². The molecule has 0 bridgehead atoms. The molecule has 106 valence electrons. The monoisotopic (exact) mass is 418 g/mol. The first-order chi connectivity index (χ1) is 8.83. The second kappa shape index (κ2) is 6.58. The zero-order valence-corrected chi connectivity index (χ0v) is 15.3. The maximum atomic E-state index is 6.16. The largest absolute Gasteiger partial charge is 0.396 e. The summed E-state index contributed by atoms with van der Waals surface area (Å²) in [6, 6.07) is 6.84. The highest BCUT2D eigenvalue weighted by Crippen LogP contribution is 2.84. The molecule has 2 N–H and O–H groups in total. The highest BCUT2D eigenvalue weighted by molar-refractivity contribution is 8.17. The number of nitrogens with zero attached hydrogens (tertiary/aromatic N) is 3. The normalized spacial score (nSPS) is 27.8. The van der Waals surface area contributed by atoms with Gasteiger partial charge in [-0.05, 0) is 62.2 Å². The zero-order chi connectivity index (χ0) is 14.2. The van der Waals surface area contributed by atoms with Gasteiger partial charge in [-0.2, -0.15) is 4.52 Å². The number of nitrogen functional groups attached to an aromatic ring is 1. The Labute approximate surface area is 136 Å². The van der Waals surface area contributed by atoms with Crippen molar-refractivity contribution in [3.8, 4) is 5.75 Å². The minimum Gasteiger partial charge on any atom is -0.396 e. The molecule has 0 spiro atoms. The van der Waals surface area contributed by atoms with Crippen molar-refractivity contribution in [2.24, 2.45) is 4.52 Å². The molecular formula is C6H6Cl5N4OP3. The minimum absolute atomic E-state index is 0.363. The van der Waals surface area contributed by atoms with Gasteiger partial charge >= 0.3 is 0 Å². The van der Waals surface area contributed by atoms with E-state index in [-0.39, 0.29) is 0 Å². The van der Waals surface area contributed by atoms with Crippen LogP contribution in [0.5, 0.6) is 5.75 Å². The van der Waals surface area contributed by atoms with Gasteiger partial charge in [0.25, 0.3) is 5.91 Å². The van der Waals surface area contributed by atoms with E-state index in [0.29, 0.717) is 11.4 Å². The van der Waals surface area contributed by atoms with Crippen LogP contribution in [0.25, 0.3) is 0 Å². The van der Waals surface area contributed by atoms with Crippen LogP contribution < -0.4 is 10.6 Å². The molecule has 0 radical (unpaired) electrons. The second-order valence-corrected chi connectivity index (χ2v) is 13.9. The van der Waals surface area contributed by atoms with Crippen LogP contribution >= 0.6 is 77.8 Å². The fraction of sp³-hybridized carbons (Fsp3) is 0. The van der Waals surface area contributed by atoms with Crippen molar-refractivity contribution in [2.75, 3.05) is 5.73 Å². The van der Waals surface area contributed by atoms with E-state index in [1.165, 1.54) is 0 Å². The van der Waals surface area contributed by atoms with Gasteiger partial charge in [-0.15, -0.1) is 3.96 Å². The summed E-state index contributed by atoms with van der Waals surface area (Å²) in [6.07, 6.45) is 0. The molecule has 0 aromatic heterocycles. The Morgan fingerprint density at radius 3 is 2.53 bits per heavy atom. The number of halogens is 5. The molecule has 1 aromatic carbocycles. The number of rotatable bonds is 2. The Morgan fingerprint density at radius 2 is 1.89 bits per heavy atom. The van der Waals surface area contributed by atoms with E-state index in [9.17, 15) is 0 Å². The Kier molecular flexibility index (Phi) is 5.77. The number of nitrogens with two attached hydrogens (primary N) is 1. The topological polar surface area (TPSA) is 54.1 Å². The van der Waals surface area contributed by atoms with Gasteiger partial charge in [-0.25, -0.2) is 0 Å². The standard InChI is InChI=1S/C6H6Cl5N4OP3/c7-14-17(8)13-19(10,11)15(18(14)9)16-6-4-2-1-3-5(6)12/h1-4H,12H2. The van der Waals surface area contributed by atoms with Gasteiger partial charge in [0.1, 0.15) is 0 Å². The van der Waals surface area contributed by atoms with Crippen LogP contribution in [0.3, 0.4) is 0 Å². The summed E-state index contributed by atoms with van der Waals surface area (Å²) in [5.41, 5.74) is 6.19. The molecule has 1 aliphatic rings. The van der Waals surface area contributed by atoms with Gasteiger partial charge < -0.3 is 10.6 Å². The van der Waals surface area contributed by atoms with Crippen LogP contribution in [0.1, 0.15) is 0 Å². The molecule has 1 aliphatic heterocycles. The number of para-hydroxylation sites is 2. The lowest BCUT2D eigenvalue weighted by molar-refractivity contribution is 0.144. The van der Waals surface area contributed by atoms with E-state index in [1.807, 2.05) is 0 Å². The average molecular weight is 420 g/mol. The molecule has 0 saturated carbocycles. The van der Waals surface area contributed by atoms with Crippen molar-refractivity contribution >= 4 is 83.5 Å². The Balaban J connectivity index is 2.33. The maximum absolute atomic E-state index is 6.16. The van der Waals surface area contributed by atoms with E-state index in [4.69, 9.17) is 67.3 Å². The highest BCUT2D eigenvalue weighted by Gasteiger charge is 2.45. The Bertz CT molecular complexity index is 529. The molecule has 19 heavy (non-hydrogen) atoms. The van der Waals surface area contributed by atoms with E-state index in [1.54, 1.807) is 24.3 Å². The van der Waals surface area contributed by atoms with Crippen molar-refractivity contribution in [2.45, 2.75) is 0 Å². The van der Waals surface area contributed by atoms with Gasteiger partial charge in [0.15, 0.2) is 5.75 Å². The summed E-state index contributed by atoms with van der Waals surface area (Å²) in [5.74, 6) is -2.63. The average Bonchev–Trinajstić information content (AvgIpc) is 2.33. The Hall–Kier alpha value is 1.28. The second-order valence-electron chi connectivity index (χ2n) is 3.15. The maximum Gasteiger partial charge on any atom is 0.250 e. The van der Waals surface area contributed by atoms with E-state index >= 15 is 0 Å². The molecule has 5 nitrogen and oxygen atoms in total. The summed E-state index contributed by atoms with van der Waals surface area (Å²) in [5, 5.41) is 0. The van der Waals surface area contributed by atoms with Crippen LogP contribution in [-0.2, 0) is 0 Å². The minimum atomic E-state index is -2.99. The van der Waals surface area contributed by atoms with Crippen LogP contribution in [-0.4, -0.2) is 8.56 Å². The first-order valence-corrected chi connectivity index (χ1v) is 12.7. The van der Waals surface area contributed by atoms with Crippen LogP contribution in [0.15, 0.2) is 28.8 Å². The molecule has 1 heterocycles. The third kappa shape index (κ3) is 3.73. The smallest absolute Gasteiger partial charge is 0.250 e. The number of hydrogen-bond acceptors (Lipinski definition) is 5. The van der Waals surface area contributed by atoms with Crippen LogP contribution in [0, 0.1) is 0 Å². The van der Waals surface area contributed by atoms with Gasteiger partial charge in [-0.1, -0.05) is 23.4 Å². The first-order valence-electron chi connectivity index (χ1n) is 4.55. The van der Waals surface area contributed by atoms with Crippen molar-refractivity contribution in [3.05, 3.63) is 24.3 Å². The fourth-order valence-electron chi connectivity index (χ4n) is 1.10. The van der Waals surface area contributed by atoms with E-state index in [0.717, 1.165) is 8.56 Å².